The average molecular weight is 561 g/mol. The van der Waals surface area contributed by atoms with Crippen LogP contribution in [0, 0.1) is 0 Å². The molecule has 0 spiro atoms. The molecule has 2 amide bonds. The molecule has 0 saturated carbocycles. The molecule has 2 N–H and O–H groups in total. The molecule has 2 fully saturated rings. The van der Waals surface area contributed by atoms with Crippen LogP contribution >= 0.6 is 0 Å². The predicted octanol–water partition coefficient (Wildman–Crippen LogP) is 8.04. The Balaban J connectivity index is 1.60. The highest BCUT2D eigenvalue weighted by molar-refractivity contribution is 5.89. The van der Waals surface area contributed by atoms with Gasteiger partial charge in [-0.3, -0.25) is 19.2 Å². The van der Waals surface area contributed by atoms with Gasteiger partial charge in [0.1, 0.15) is 0 Å². The summed E-state index contributed by atoms with van der Waals surface area (Å²) in [4.78, 5) is 50.4. The van der Waals surface area contributed by atoms with Gasteiger partial charge in [0.15, 0.2) is 11.6 Å². The van der Waals surface area contributed by atoms with E-state index in [0.717, 1.165) is 103 Å². The van der Waals surface area contributed by atoms with Gasteiger partial charge in [0, 0.05) is 25.7 Å². The maximum absolute atomic E-state index is 12.9. The predicted molar refractivity (Wildman–Crippen MR) is 163 cm³/mol. The fourth-order valence-corrected chi connectivity index (χ4v) is 6.20. The van der Waals surface area contributed by atoms with Crippen molar-refractivity contribution >= 4 is 23.4 Å². The van der Waals surface area contributed by atoms with Gasteiger partial charge in [-0.15, -0.1) is 0 Å². The summed E-state index contributed by atoms with van der Waals surface area (Å²) >= 11 is 0. The van der Waals surface area contributed by atoms with Crippen molar-refractivity contribution in [2.75, 3.05) is 0 Å². The average Bonchev–Trinajstić information content (AvgIpc) is 2.97. The lowest BCUT2D eigenvalue weighted by Gasteiger charge is -2.18. The first-order chi connectivity index (χ1) is 19.6. The van der Waals surface area contributed by atoms with Gasteiger partial charge in [0.25, 0.3) is 0 Å². The zero-order valence-corrected chi connectivity index (χ0v) is 25.6. The van der Waals surface area contributed by atoms with Crippen LogP contribution in [0.2, 0.25) is 0 Å². The van der Waals surface area contributed by atoms with E-state index in [1.807, 2.05) is 0 Å². The number of rotatable bonds is 11. The molecule has 40 heavy (non-hydrogen) atoms. The first-order valence-corrected chi connectivity index (χ1v) is 17.2. The van der Waals surface area contributed by atoms with Crippen LogP contribution in [0.15, 0.2) is 0 Å². The van der Waals surface area contributed by atoms with E-state index in [0.29, 0.717) is 25.7 Å². The van der Waals surface area contributed by atoms with Crippen LogP contribution in [-0.2, 0) is 19.2 Å². The number of ketones is 2. The summed E-state index contributed by atoms with van der Waals surface area (Å²) in [5.41, 5.74) is 0. The maximum Gasteiger partial charge on any atom is 0.220 e. The fraction of sp³-hybridized carbons (Fsp3) is 0.882. The van der Waals surface area contributed by atoms with E-state index in [-0.39, 0.29) is 35.5 Å². The Morgan fingerprint density at radius 2 is 0.750 bits per heavy atom. The summed E-state index contributed by atoms with van der Waals surface area (Å²) in [6.45, 7) is 0. The largest absolute Gasteiger partial charge is 0.346 e. The quantitative estimate of drug-likeness (QED) is 0.250. The van der Waals surface area contributed by atoms with Gasteiger partial charge in [-0.1, -0.05) is 116 Å². The molecule has 2 aliphatic heterocycles. The van der Waals surface area contributed by atoms with Crippen LogP contribution < -0.4 is 10.6 Å². The third kappa shape index (κ3) is 17.2. The molecule has 2 rings (SSSR count). The van der Waals surface area contributed by atoms with Crippen LogP contribution in [0.25, 0.3) is 0 Å². The smallest absolute Gasteiger partial charge is 0.220 e. The molecular formula is C34H60N2O4. The van der Waals surface area contributed by atoms with Crippen LogP contribution in [0.1, 0.15) is 180 Å². The van der Waals surface area contributed by atoms with E-state index < -0.39 is 0 Å². The molecule has 0 aromatic rings. The summed E-state index contributed by atoms with van der Waals surface area (Å²) in [6, 6.07) is -0.611. The van der Waals surface area contributed by atoms with Crippen molar-refractivity contribution in [3.8, 4) is 0 Å². The second-order valence-corrected chi connectivity index (χ2v) is 12.5. The molecule has 6 heteroatoms. The molecule has 6 nitrogen and oxygen atoms in total. The van der Waals surface area contributed by atoms with Crippen LogP contribution in [0.4, 0.5) is 0 Å². The summed E-state index contributed by atoms with van der Waals surface area (Å²) in [5.74, 6) is 0.476. The second-order valence-electron chi connectivity index (χ2n) is 12.5. The molecule has 0 aromatic carbocycles. The standard InChI is InChI=1S/C34H60N2O4/c37-31(29-23-17-11-5-1-3-7-15-21-27-33(39)35-29)25-19-13-9-10-14-20-26-32(38)30-24-18-12-6-2-4-8-16-22-28-34(40)36-30/h29-30H,1-28H2,(H,35,39)(H,36,40). The number of unbranched alkanes of at least 4 members (excludes halogenated alkanes) is 5. The number of carbonyl (C=O) groups excluding carboxylic acids is 4. The lowest BCUT2D eigenvalue weighted by atomic mass is 9.97. The lowest BCUT2D eigenvalue weighted by Crippen LogP contribution is -2.40. The Hall–Kier alpha value is -1.72. The van der Waals surface area contributed by atoms with Gasteiger partial charge in [0.05, 0.1) is 12.1 Å². The SMILES string of the molecule is O=C1CCCCCCCCCCC(C(=O)CCCCCCCCC(=O)C2CCCCCCCCCCC(=O)N2)N1. The molecule has 2 atom stereocenters. The highest BCUT2D eigenvalue weighted by atomic mass is 16.2. The first-order valence-electron chi connectivity index (χ1n) is 17.2. The fourth-order valence-electron chi connectivity index (χ4n) is 6.20. The summed E-state index contributed by atoms with van der Waals surface area (Å²) < 4.78 is 0. The molecular weight excluding hydrogens is 500 g/mol. The van der Waals surface area contributed by atoms with Gasteiger partial charge in [0.2, 0.25) is 11.8 Å². The monoisotopic (exact) mass is 560 g/mol. The van der Waals surface area contributed by atoms with E-state index in [1.165, 1.54) is 51.4 Å². The van der Waals surface area contributed by atoms with Crippen molar-refractivity contribution in [1.82, 2.24) is 10.6 Å². The van der Waals surface area contributed by atoms with E-state index >= 15 is 0 Å². The zero-order chi connectivity index (χ0) is 28.7. The minimum Gasteiger partial charge on any atom is -0.346 e. The van der Waals surface area contributed by atoms with Crippen molar-refractivity contribution in [3.63, 3.8) is 0 Å². The molecule has 2 heterocycles. The minimum absolute atomic E-state index is 0.0403. The van der Waals surface area contributed by atoms with Crippen molar-refractivity contribution in [3.05, 3.63) is 0 Å². The Morgan fingerprint density at radius 1 is 0.450 bits per heavy atom. The summed E-state index contributed by atoms with van der Waals surface area (Å²) in [7, 11) is 0. The van der Waals surface area contributed by atoms with Gasteiger partial charge in [-0.2, -0.15) is 0 Å². The Morgan fingerprint density at radius 3 is 1.12 bits per heavy atom. The van der Waals surface area contributed by atoms with Crippen LogP contribution in [-0.4, -0.2) is 35.5 Å². The molecule has 0 aromatic heterocycles. The normalized spacial score (nSPS) is 23.5. The summed E-state index contributed by atoms with van der Waals surface area (Å²) in [5, 5.41) is 6.08. The second kappa shape index (κ2) is 22.9. The number of amides is 2. The van der Waals surface area contributed by atoms with Crippen molar-refractivity contribution in [1.29, 1.82) is 0 Å². The van der Waals surface area contributed by atoms with E-state index in [1.54, 1.807) is 0 Å². The third-order valence-electron chi connectivity index (χ3n) is 8.84. The van der Waals surface area contributed by atoms with Gasteiger partial charge in [-0.05, 0) is 38.5 Å². The topological polar surface area (TPSA) is 92.3 Å². The number of carbonyl (C=O) groups is 4. The molecule has 0 bridgehead atoms. The summed E-state index contributed by atoms with van der Waals surface area (Å²) in [6.07, 6.45) is 28.0. The molecule has 230 valence electrons. The van der Waals surface area contributed by atoms with E-state index in [4.69, 9.17) is 0 Å². The van der Waals surface area contributed by atoms with Gasteiger partial charge >= 0.3 is 0 Å². The van der Waals surface area contributed by atoms with Crippen molar-refractivity contribution < 1.29 is 19.2 Å². The maximum atomic E-state index is 12.9. The Kier molecular flexibility index (Phi) is 19.7. The highest BCUT2D eigenvalue weighted by Crippen LogP contribution is 2.17. The first kappa shape index (κ1) is 34.5. The highest BCUT2D eigenvalue weighted by Gasteiger charge is 2.21. The number of hydrogen-bond acceptors (Lipinski definition) is 4. The molecule has 2 unspecified atom stereocenters. The molecule has 2 aliphatic rings. The van der Waals surface area contributed by atoms with Crippen LogP contribution in [0.3, 0.4) is 0 Å². The molecule has 0 aliphatic carbocycles. The van der Waals surface area contributed by atoms with Crippen molar-refractivity contribution in [2.24, 2.45) is 0 Å². The van der Waals surface area contributed by atoms with Crippen molar-refractivity contribution in [2.45, 2.75) is 192 Å². The third-order valence-corrected chi connectivity index (χ3v) is 8.84. The number of Topliss-reactive ketones (excluding diaryl/α,β-unsaturated/α-hetero) is 2. The van der Waals surface area contributed by atoms with Crippen LogP contribution in [0.5, 0.6) is 0 Å². The lowest BCUT2D eigenvalue weighted by molar-refractivity contribution is -0.128. The Labute approximate surface area is 245 Å². The van der Waals surface area contributed by atoms with Gasteiger partial charge < -0.3 is 10.6 Å². The Bertz CT molecular complexity index is 663. The number of hydrogen-bond donors (Lipinski definition) is 2. The molecule has 0 radical (unpaired) electrons. The minimum atomic E-state index is -0.306. The van der Waals surface area contributed by atoms with E-state index in [9.17, 15) is 19.2 Å². The molecule has 2 saturated heterocycles. The number of nitrogens with one attached hydrogen (secondary N) is 2. The van der Waals surface area contributed by atoms with E-state index in [2.05, 4.69) is 10.6 Å². The van der Waals surface area contributed by atoms with Gasteiger partial charge in [-0.25, -0.2) is 0 Å². The zero-order valence-electron chi connectivity index (χ0n) is 25.6.